The average Bonchev–Trinajstić information content (AvgIpc) is 2.93. The summed E-state index contributed by atoms with van der Waals surface area (Å²) in [6.45, 7) is 1.65. The van der Waals surface area contributed by atoms with Crippen LogP contribution in [0, 0.1) is 0 Å². The molecule has 37 heavy (non-hydrogen) atoms. The molecule has 4 rings (SSSR count). The molecule has 0 saturated carbocycles. The van der Waals surface area contributed by atoms with Crippen LogP contribution in [0.2, 0.25) is 0 Å². The summed E-state index contributed by atoms with van der Waals surface area (Å²) >= 11 is 0. The number of nitrogens with one attached hydrogen (secondary N) is 1. The number of fused-ring (bicyclic) bond motifs is 1. The van der Waals surface area contributed by atoms with Gasteiger partial charge in [-0.25, -0.2) is 10.2 Å². The van der Waals surface area contributed by atoms with Crippen LogP contribution in [0.3, 0.4) is 0 Å². The zero-order chi connectivity index (χ0) is 26.2. The molecule has 0 saturated heterocycles. The monoisotopic (exact) mass is 498 g/mol. The van der Waals surface area contributed by atoms with E-state index >= 15 is 0 Å². The highest BCUT2D eigenvalue weighted by Gasteiger charge is 2.15. The number of methoxy groups -OCH3 is 2. The van der Waals surface area contributed by atoms with Crippen LogP contribution >= 0.6 is 0 Å². The molecule has 1 amide bonds. The van der Waals surface area contributed by atoms with Crippen molar-refractivity contribution in [1.82, 2.24) is 5.43 Å². The molecule has 0 aromatic heterocycles. The standard InChI is InChI=1S/C29H26N2O6/c1-19(36-25-14-9-21-6-4-5-7-23(21)17-25)28(32)31-30-18-20-8-15-26(27(16-20)35-3)37-29(33)22-10-12-24(34-2)13-11-22/h4-19H,1-3H3,(H,31,32)/b30-18+. The van der Waals surface area contributed by atoms with E-state index in [9.17, 15) is 9.59 Å². The van der Waals surface area contributed by atoms with Gasteiger partial charge in [-0.2, -0.15) is 5.10 Å². The number of carbonyl (C=O) groups excluding carboxylic acids is 2. The van der Waals surface area contributed by atoms with Crippen molar-refractivity contribution in [3.8, 4) is 23.0 Å². The fourth-order valence-corrected chi connectivity index (χ4v) is 3.49. The third-order valence-electron chi connectivity index (χ3n) is 5.51. The van der Waals surface area contributed by atoms with Gasteiger partial charge in [-0.1, -0.05) is 30.3 Å². The number of amides is 1. The molecule has 4 aromatic carbocycles. The van der Waals surface area contributed by atoms with Crippen molar-refractivity contribution in [2.24, 2.45) is 5.10 Å². The van der Waals surface area contributed by atoms with Crippen LogP contribution in [0.25, 0.3) is 10.8 Å². The van der Waals surface area contributed by atoms with Gasteiger partial charge in [0, 0.05) is 0 Å². The molecule has 0 spiro atoms. The van der Waals surface area contributed by atoms with Crippen LogP contribution in [0.5, 0.6) is 23.0 Å². The number of rotatable bonds is 9. The van der Waals surface area contributed by atoms with Gasteiger partial charge >= 0.3 is 5.97 Å². The van der Waals surface area contributed by atoms with Crippen LogP contribution in [0.15, 0.2) is 90.0 Å². The molecule has 0 aliphatic rings. The van der Waals surface area contributed by atoms with Crippen LogP contribution in [-0.4, -0.2) is 38.4 Å². The Labute approximate surface area is 214 Å². The van der Waals surface area contributed by atoms with Gasteiger partial charge in [-0.15, -0.1) is 0 Å². The summed E-state index contributed by atoms with van der Waals surface area (Å²) in [5, 5.41) is 6.12. The molecule has 0 radical (unpaired) electrons. The second-order valence-electron chi connectivity index (χ2n) is 8.03. The second kappa shape index (κ2) is 11.7. The Morgan fingerprint density at radius 1 is 0.811 bits per heavy atom. The fraction of sp³-hybridized carbons (Fsp3) is 0.138. The first-order valence-corrected chi connectivity index (χ1v) is 11.5. The van der Waals surface area contributed by atoms with Gasteiger partial charge < -0.3 is 18.9 Å². The summed E-state index contributed by atoms with van der Waals surface area (Å²) in [7, 11) is 3.02. The number of hydrazone groups is 1. The average molecular weight is 499 g/mol. The van der Waals surface area contributed by atoms with Crippen molar-refractivity contribution < 1.29 is 28.5 Å². The maximum Gasteiger partial charge on any atom is 0.343 e. The van der Waals surface area contributed by atoms with Crippen LogP contribution < -0.4 is 24.4 Å². The highest BCUT2D eigenvalue weighted by atomic mass is 16.6. The maximum atomic E-state index is 12.5. The lowest BCUT2D eigenvalue weighted by Gasteiger charge is -2.13. The third kappa shape index (κ3) is 6.43. The Morgan fingerprint density at radius 2 is 1.54 bits per heavy atom. The minimum absolute atomic E-state index is 0.252. The number of nitrogens with zero attached hydrogens (tertiary/aromatic N) is 1. The highest BCUT2D eigenvalue weighted by molar-refractivity contribution is 5.92. The van der Waals surface area contributed by atoms with Gasteiger partial charge in [0.2, 0.25) is 0 Å². The molecule has 1 unspecified atom stereocenters. The first kappa shape index (κ1) is 25.2. The Kier molecular flexibility index (Phi) is 8.00. The first-order valence-electron chi connectivity index (χ1n) is 11.5. The van der Waals surface area contributed by atoms with E-state index in [4.69, 9.17) is 18.9 Å². The van der Waals surface area contributed by atoms with Crippen LogP contribution in [0.4, 0.5) is 0 Å². The molecule has 8 heteroatoms. The van der Waals surface area contributed by atoms with Crippen molar-refractivity contribution >= 4 is 28.9 Å². The molecule has 188 valence electrons. The lowest BCUT2D eigenvalue weighted by atomic mass is 10.1. The van der Waals surface area contributed by atoms with Crippen molar-refractivity contribution in [3.63, 3.8) is 0 Å². The van der Waals surface area contributed by atoms with E-state index in [1.807, 2.05) is 42.5 Å². The van der Waals surface area contributed by atoms with Gasteiger partial charge in [0.1, 0.15) is 11.5 Å². The largest absolute Gasteiger partial charge is 0.497 e. The van der Waals surface area contributed by atoms with Gasteiger partial charge in [0.15, 0.2) is 17.6 Å². The molecule has 0 bridgehead atoms. The van der Waals surface area contributed by atoms with Crippen molar-refractivity contribution in [2.45, 2.75) is 13.0 Å². The van der Waals surface area contributed by atoms with Gasteiger partial charge in [0.05, 0.1) is 26.0 Å². The molecule has 1 N–H and O–H groups in total. The third-order valence-corrected chi connectivity index (χ3v) is 5.51. The number of esters is 1. The second-order valence-corrected chi connectivity index (χ2v) is 8.03. The highest BCUT2D eigenvalue weighted by Crippen LogP contribution is 2.28. The summed E-state index contributed by atoms with van der Waals surface area (Å²) < 4.78 is 21.7. The zero-order valence-electron chi connectivity index (χ0n) is 20.6. The lowest BCUT2D eigenvalue weighted by Crippen LogP contribution is -2.33. The number of ether oxygens (including phenoxy) is 4. The van der Waals surface area contributed by atoms with Crippen molar-refractivity contribution in [1.29, 1.82) is 0 Å². The maximum absolute atomic E-state index is 12.5. The van der Waals surface area contributed by atoms with E-state index in [1.54, 1.807) is 56.5 Å². The fourth-order valence-electron chi connectivity index (χ4n) is 3.49. The summed E-state index contributed by atoms with van der Waals surface area (Å²) in [5.74, 6) is 0.887. The minimum atomic E-state index is -0.757. The Bertz CT molecular complexity index is 1430. The molecule has 8 nitrogen and oxygen atoms in total. The molecular formula is C29H26N2O6. The Hall–Kier alpha value is -4.85. The number of hydrogen-bond acceptors (Lipinski definition) is 7. The predicted molar refractivity (Wildman–Crippen MR) is 141 cm³/mol. The number of benzene rings is 4. The van der Waals surface area contributed by atoms with E-state index in [1.165, 1.54) is 13.3 Å². The molecule has 1 atom stereocenters. The molecule has 0 heterocycles. The van der Waals surface area contributed by atoms with Crippen LogP contribution in [-0.2, 0) is 4.79 Å². The molecule has 0 aliphatic carbocycles. The summed E-state index contributed by atoms with van der Waals surface area (Å²) in [5.41, 5.74) is 3.47. The van der Waals surface area contributed by atoms with E-state index in [0.29, 0.717) is 28.4 Å². The summed E-state index contributed by atoms with van der Waals surface area (Å²) in [6, 6.07) is 25.1. The smallest absolute Gasteiger partial charge is 0.343 e. The zero-order valence-corrected chi connectivity index (χ0v) is 20.6. The van der Waals surface area contributed by atoms with Crippen molar-refractivity contribution in [2.75, 3.05) is 14.2 Å². The molecule has 0 aliphatic heterocycles. The number of hydrogen-bond donors (Lipinski definition) is 1. The van der Waals surface area contributed by atoms with E-state index in [0.717, 1.165) is 10.8 Å². The SMILES string of the molecule is COc1ccc(C(=O)Oc2ccc(/C=N/NC(=O)C(C)Oc3ccc4ccccc4c3)cc2OC)cc1. The van der Waals surface area contributed by atoms with Gasteiger partial charge in [-0.3, -0.25) is 4.79 Å². The first-order chi connectivity index (χ1) is 18.0. The normalized spacial score (nSPS) is 11.6. The molecule has 4 aromatic rings. The van der Waals surface area contributed by atoms with E-state index < -0.39 is 18.0 Å². The molecule has 0 fully saturated rings. The molecular weight excluding hydrogens is 472 g/mol. The Balaban J connectivity index is 1.34. The van der Waals surface area contributed by atoms with Crippen LogP contribution in [0.1, 0.15) is 22.8 Å². The topological polar surface area (TPSA) is 95.5 Å². The van der Waals surface area contributed by atoms with Gasteiger partial charge in [0.25, 0.3) is 5.91 Å². The van der Waals surface area contributed by atoms with Gasteiger partial charge in [-0.05, 0) is 77.9 Å². The predicted octanol–water partition coefficient (Wildman–Crippen LogP) is 4.99. The quantitative estimate of drug-likeness (QED) is 0.151. The van der Waals surface area contributed by atoms with E-state index in [-0.39, 0.29) is 5.75 Å². The Morgan fingerprint density at radius 3 is 2.27 bits per heavy atom. The summed E-state index contributed by atoms with van der Waals surface area (Å²) in [6.07, 6.45) is 0.700. The summed E-state index contributed by atoms with van der Waals surface area (Å²) in [4.78, 5) is 24.9. The van der Waals surface area contributed by atoms with E-state index in [2.05, 4.69) is 10.5 Å². The minimum Gasteiger partial charge on any atom is -0.497 e. The number of carbonyl (C=O) groups is 2. The van der Waals surface area contributed by atoms with Crippen molar-refractivity contribution in [3.05, 3.63) is 96.1 Å². The lowest BCUT2D eigenvalue weighted by molar-refractivity contribution is -0.127.